The monoisotopic (exact) mass is 302 g/mol. The molecule has 0 amide bonds. The lowest BCUT2D eigenvalue weighted by Crippen LogP contribution is -1.91. The molecule has 2 rings (SSSR count). The number of nitrogens with zero attached hydrogens (tertiary/aromatic N) is 2. The standard InChI is InChI=1S/C10H10N4.C4H4O4/c11-6-13-9-3-1-8(2-4-9)10-5-12-7-14-10;5-3(6)1-2-4(7)8/h1-7H,(H2,11,13)(H,12,14);1-2H,(H,5,6)(H,7,8)/b;2-1+. The first-order chi connectivity index (χ1) is 10.5. The molecule has 0 aliphatic heterocycles. The summed E-state index contributed by atoms with van der Waals surface area (Å²) in [5.74, 6) is -2.51. The van der Waals surface area contributed by atoms with E-state index in [0.717, 1.165) is 16.9 Å². The summed E-state index contributed by atoms with van der Waals surface area (Å²) in [5.41, 5.74) is 8.10. The molecule has 1 heterocycles. The molecule has 8 heteroatoms. The van der Waals surface area contributed by atoms with Gasteiger partial charge in [0.15, 0.2) is 0 Å². The normalized spacial score (nSPS) is 10.4. The molecule has 8 nitrogen and oxygen atoms in total. The maximum absolute atomic E-state index is 9.55. The number of benzene rings is 1. The number of aliphatic carboxylic acids is 2. The van der Waals surface area contributed by atoms with Crippen LogP contribution in [0.25, 0.3) is 11.3 Å². The number of carbonyl (C=O) groups is 2. The molecule has 0 atom stereocenters. The van der Waals surface area contributed by atoms with Crippen molar-refractivity contribution in [1.82, 2.24) is 9.97 Å². The fourth-order valence-corrected chi connectivity index (χ4v) is 1.37. The number of hydrogen-bond donors (Lipinski definition) is 4. The van der Waals surface area contributed by atoms with Gasteiger partial charge in [-0.15, -0.1) is 0 Å². The Bertz CT molecular complexity index is 645. The van der Waals surface area contributed by atoms with E-state index in [1.807, 2.05) is 24.3 Å². The van der Waals surface area contributed by atoms with Gasteiger partial charge in [-0.3, -0.25) is 0 Å². The Morgan fingerprint density at radius 1 is 1.14 bits per heavy atom. The zero-order valence-corrected chi connectivity index (χ0v) is 11.4. The van der Waals surface area contributed by atoms with Crippen LogP contribution in [0.2, 0.25) is 0 Å². The molecule has 0 saturated carbocycles. The maximum Gasteiger partial charge on any atom is 0.328 e. The second-order valence-corrected chi connectivity index (χ2v) is 3.80. The van der Waals surface area contributed by atoms with Gasteiger partial charge in [-0.05, 0) is 17.7 Å². The van der Waals surface area contributed by atoms with E-state index < -0.39 is 11.9 Å². The molecule has 0 saturated heterocycles. The van der Waals surface area contributed by atoms with Crippen molar-refractivity contribution in [2.45, 2.75) is 0 Å². The highest BCUT2D eigenvalue weighted by Gasteiger charge is 1.97. The Morgan fingerprint density at radius 3 is 2.14 bits per heavy atom. The predicted molar refractivity (Wildman–Crippen MR) is 80.8 cm³/mol. The minimum atomic E-state index is -1.26. The van der Waals surface area contributed by atoms with E-state index in [1.165, 1.54) is 6.34 Å². The molecule has 22 heavy (non-hydrogen) atoms. The van der Waals surface area contributed by atoms with Crippen LogP contribution in [0.15, 0.2) is 53.9 Å². The molecule has 0 unspecified atom stereocenters. The van der Waals surface area contributed by atoms with Crippen LogP contribution in [0.3, 0.4) is 0 Å². The first-order valence-electron chi connectivity index (χ1n) is 6.00. The molecule has 0 aliphatic rings. The average Bonchev–Trinajstić information content (AvgIpc) is 3.01. The molecule has 114 valence electrons. The third-order valence-corrected chi connectivity index (χ3v) is 2.27. The van der Waals surface area contributed by atoms with E-state index in [9.17, 15) is 9.59 Å². The molecule has 0 radical (unpaired) electrons. The summed E-state index contributed by atoms with van der Waals surface area (Å²) in [6.45, 7) is 0. The Morgan fingerprint density at radius 2 is 1.73 bits per heavy atom. The van der Waals surface area contributed by atoms with Crippen molar-refractivity contribution in [3.8, 4) is 11.3 Å². The Labute approximate surface area is 125 Å². The van der Waals surface area contributed by atoms with E-state index in [1.54, 1.807) is 12.5 Å². The third kappa shape index (κ3) is 6.15. The quantitative estimate of drug-likeness (QED) is 0.382. The van der Waals surface area contributed by atoms with Crippen molar-refractivity contribution >= 4 is 24.0 Å². The maximum atomic E-state index is 9.55. The number of aromatic nitrogens is 2. The van der Waals surface area contributed by atoms with Crippen molar-refractivity contribution in [2.24, 2.45) is 10.7 Å². The summed E-state index contributed by atoms with van der Waals surface area (Å²) in [7, 11) is 0. The zero-order valence-electron chi connectivity index (χ0n) is 11.4. The highest BCUT2D eigenvalue weighted by molar-refractivity contribution is 5.89. The summed E-state index contributed by atoms with van der Waals surface area (Å²) in [6.07, 6.45) is 5.83. The lowest BCUT2D eigenvalue weighted by molar-refractivity contribution is -0.134. The van der Waals surface area contributed by atoms with Gasteiger partial charge in [-0.25, -0.2) is 19.6 Å². The number of aliphatic imine (C=N–C) groups is 1. The number of carboxylic acids is 2. The highest BCUT2D eigenvalue weighted by Crippen LogP contribution is 2.19. The molecule has 1 aromatic carbocycles. The molecule has 0 spiro atoms. The topological polar surface area (TPSA) is 142 Å². The Hall–Kier alpha value is -3.42. The van der Waals surface area contributed by atoms with Crippen molar-refractivity contribution in [2.75, 3.05) is 0 Å². The van der Waals surface area contributed by atoms with Crippen LogP contribution in [0.5, 0.6) is 0 Å². The number of rotatable bonds is 4. The third-order valence-electron chi connectivity index (χ3n) is 2.27. The summed E-state index contributed by atoms with van der Waals surface area (Å²) in [6, 6.07) is 7.74. The van der Waals surface area contributed by atoms with Gasteiger partial charge in [0.1, 0.15) is 0 Å². The van der Waals surface area contributed by atoms with Crippen LogP contribution >= 0.6 is 0 Å². The zero-order chi connectivity index (χ0) is 16.4. The van der Waals surface area contributed by atoms with Gasteiger partial charge in [0.25, 0.3) is 0 Å². The van der Waals surface area contributed by atoms with Gasteiger partial charge in [0.05, 0.1) is 30.2 Å². The lowest BCUT2D eigenvalue weighted by atomic mass is 10.1. The van der Waals surface area contributed by atoms with Crippen molar-refractivity contribution in [3.05, 3.63) is 48.9 Å². The van der Waals surface area contributed by atoms with Crippen LogP contribution in [0.1, 0.15) is 0 Å². The summed E-state index contributed by atoms with van der Waals surface area (Å²) in [4.78, 5) is 30.0. The lowest BCUT2D eigenvalue weighted by Gasteiger charge is -1.97. The van der Waals surface area contributed by atoms with Crippen LogP contribution < -0.4 is 5.73 Å². The average molecular weight is 302 g/mol. The summed E-state index contributed by atoms with van der Waals surface area (Å²) < 4.78 is 0. The van der Waals surface area contributed by atoms with Gasteiger partial charge in [0, 0.05) is 12.2 Å². The first kappa shape index (κ1) is 16.6. The largest absolute Gasteiger partial charge is 0.478 e. The van der Waals surface area contributed by atoms with Gasteiger partial charge in [-0.2, -0.15) is 0 Å². The molecule has 0 aliphatic carbocycles. The van der Waals surface area contributed by atoms with E-state index in [-0.39, 0.29) is 0 Å². The van der Waals surface area contributed by atoms with Gasteiger partial charge >= 0.3 is 11.9 Å². The van der Waals surface area contributed by atoms with Gasteiger partial charge < -0.3 is 20.9 Å². The number of nitrogens with one attached hydrogen (secondary N) is 1. The molecule has 2 aromatic rings. The van der Waals surface area contributed by atoms with Crippen LogP contribution in [-0.2, 0) is 9.59 Å². The minimum Gasteiger partial charge on any atom is -0.478 e. The van der Waals surface area contributed by atoms with Crippen LogP contribution in [0, 0.1) is 0 Å². The Balaban J connectivity index is 0.000000261. The number of hydrogen-bond acceptors (Lipinski definition) is 4. The minimum absolute atomic E-state index is 0.558. The van der Waals surface area contributed by atoms with Crippen molar-refractivity contribution in [1.29, 1.82) is 0 Å². The van der Waals surface area contributed by atoms with E-state index in [0.29, 0.717) is 12.2 Å². The van der Waals surface area contributed by atoms with Crippen LogP contribution in [-0.4, -0.2) is 38.5 Å². The van der Waals surface area contributed by atoms with Crippen molar-refractivity contribution < 1.29 is 19.8 Å². The fourth-order valence-electron chi connectivity index (χ4n) is 1.37. The number of aromatic amines is 1. The first-order valence-corrected chi connectivity index (χ1v) is 6.00. The van der Waals surface area contributed by atoms with Crippen LogP contribution in [0.4, 0.5) is 5.69 Å². The molecule has 0 bridgehead atoms. The second-order valence-electron chi connectivity index (χ2n) is 3.80. The molecular weight excluding hydrogens is 288 g/mol. The van der Waals surface area contributed by atoms with E-state index >= 15 is 0 Å². The molecular formula is C14H14N4O4. The van der Waals surface area contributed by atoms with Crippen molar-refractivity contribution in [3.63, 3.8) is 0 Å². The van der Waals surface area contributed by atoms with Gasteiger partial charge in [0.2, 0.25) is 0 Å². The number of imidazole rings is 1. The highest BCUT2D eigenvalue weighted by atomic mass is 16.4. The SMILES string of the molecule is NC=Nc1ccc(-c2cnc[nH]2)cc1.O=C(O)/C=C/C(=O)O. The Kier molecular flexibility index (Phi) is 6.57. The molecule has 1 aromatic heterocycles. The molecule has 5 N–H and O–H groups in total. The summed E-state index contributed by atoms with van der Waals surface area (Å²) in [5, 5.41) is 15.6. The number of H-pyrrole nitrogens is 1. The van der Waals surface area contributed by atoms with Gasteiger partial charge in [-0.1, -0.05) is 12.1 Å². The number of carboxylic acid groups (broad SMARTS) is 2. The molecule has 0 fully saturated rings. The number of nitrogens with two attached hydrogens (primary N) is 1. The second kappa shape index (κ2) is 8.69. The predicted octanol–water partition coefficient (Wildman–Crippen LogP) is 1.41. The van der Waals surface area contributed by atoms with E-state index in [4.69, 9.17) is 15.9 Å². The van der Waals surface area contributed by atoms with E-state index in [2.05, 4.69) is 15.0 Å². The smallest absolute Gasteiger partial charge is 0.328 e. The fraction of sp³-hybridized carbons (Fsp3) is 0. The summed E-state index contributed by atoms with van der Waals surface area (Å²) >= 11 is 0.